The molecule has 0 aliphatic heterocycles. The van der Waals surface area contributed by atoms with E-state index in [9.17, 15) is 0 Å². The second-order valence-corrected chi connectivity index (χ2v) is 13.1. The van der Waals surface area contributed by atoms with Crippen LogP contribution in [0.3, 0.4) is 0 Å². The van der Waals surface area contributed by atoms with Crippen LogP contribution < -0.4 is 0 Å². The Morgan fingerprint density at radius 3 is 1.46 bits per heavy atom. The Labute approximate surface area is 193 Å². The fourth-order valence-corrected chi connectivity index (χ4v) is 7.77. The fourth-order valence-electron chi connectivity index (χ4n) is 3.83. The molecule has 0 spiro atoms. The predicted molar refractivity (Wildman–Crippen MR) is 138 cm³/mol. The summed E-state index contributed by atoms with van der Waals surface area (Å²) in [4.78, 5) is 0. The zero-order valence-electron chi connectivity index (χ0n) is 15.8. The first-order valence-corrected chi connectivity index (χ1v) is 13.8. The number of thiophene rings is 2. The molecule has 26 heavy (non-hydrogen) atoms. The van der Waals surface area contributed by atoms with Gasteiger partial charge in [-0.15, -0.1) is 22.7 Å². The molecule has 142 valence electrons. The van der Waals surface area contributed by atoms with E-state index in [1.807, 2.05) is 22.7 Å². The van der Waals surface area contributed by atoms with Crippen LogP contribution in [0.5, 0.6) is 0 Å². The summed E-state index contributed by atoms with van der Waals surface area (Å²) in [5.41, 5.74) is 3.37. The quantitative estimate of drug-likeness (QED) is 0.159. The van der Waals surface area contributed by atoms with Crippen LogP contribution in [-0.4, -0.2) is 0 Å². The van der Waals surface area contributed by atoms with Gasteiger partial charge in [0.25, 0.3) is 0 Å². The summed E-state index contributed by atoms with van der Waals surface area (Å²) < 4.78 is 6.02. The van der Waals surface area contributed by atoms with E-state index < -0.39 is 0 Å². The number of fused-ring (bicyclic) bond motifs is 3. The summed E-state index contributed by atoms with van der Waals surface area (Å²) in [5.74, 6) is 0. The molecule has 0 aliphatic carbocycles. The molecule has 0 bridgehead atoms. The monoisotopic (exact) mass is 610 g/mol. The number of halogens is 2. The molecule has 0 aliphatic rings. The highest BCUT2D eigenvalue weighted by molar-refractivity contribution is 14.1. The van der Waals surface area contributed by atoms with Crippen LogP contribution in [0.25, 0.3) is 20.2 Å². The molecule has 0 amide bonds. The number of hydrogen-bond donors (Lipinski definition) is 0. The van der Waals surface area contributed by atoms with Crippen LogP contribution in [0.1, 0.15) is 76.3 Å². The molecular formula is C22H28I2S2. The van der Waals surface area contributed by atoms with Gasteiger partial charge in [-0.3, -0.25) is 0 Å². The van der Waals surface area contributed by atoms with Crippen molar-refractivity contribution in [1.82, 2.24) is 0 Å². The molecule has 0 fully saturated rings. The minimum absolute atomic E-state index is 1.26. The Morgan fingerprint density at radius 1 is 0.654 bits per heavy atom. The molecule has 0 radical (unpaired) electrons. The highest BCUT2D eigenvalue weighted by Gasteiger charge is 2.18. The van der Waals surface area contributed by atoms with Crippen LogP contribution >= 0.6 is 67.9 Å². The van der Waals surface area contributed by atoms with Gasteiger partial charge in [0.1, 0.15) is 0 Å². The highest BCUT2D eigenvalue weighted by Crippen LogP contribution is 2.43. The Hall–Kier alpha value is 0.600. The van der Waals surface area contributed by atoms with Crippen LogP contribution in [0.4, 0.5) is 0 Å². The maximum Gasteiger partial charge on any atom is 0.0666 e. The van der Waals surface area contributed by atoms with Crippen LogP contribution in [-0.2, 0) is 12.8 Å². The minimum atomic E-state index is 1.26. The van der Waals surface area contributed by atoms with Crippen molar-refractivity contribution in [3.05, 3.63) is 29.0 Å². The lowest BCUT2D eigenvalue weighted by molar-refractivity contribution is 0.654. The molecule has 1 aromatic carbocycles. The lowest BCUT2D eigenvalue weighted by Crippen LogP contribution is -1.97. The summed E-state index contributed by atoms with van der Waals surface area (Å²) >= 11 is 9.05. The third kappa shape index (κ3) is 4.95. The third-order valence-electron chi connectivity index (χ3n) is 5.17. The number of unbranched alkanes of at least 4 members (excludes halogenated alkanes) is 6. The Morgan fingerprint density at radius 2 is 1.08 bits per heavy atom. The highest BCUT2D eigenvalue weighted by atomic mass is 127. The molecule has 0 saturated heterocycles. The Balaban J connectivity index is 2.04. The van der Waals surface area contributed by atoms with Gasteiger partial charge in [0.05, 0.1) is 5.77 Å². The van der Waals surface area contributed by atoms with Crippen LogP contribution in [0.2, 0.25) is 0 Å². The van der Waals surface area contributed by atoms with Crippen LogP contribution in [0.15, 0.2) is 12.1 Å². The average molecular weight is 610 g/mol. The molecule has 0 unspecified atom stereocenters. The van der Waals surface area contributed by atoms with E-state index in [0.717, 1.165) is 0 Å². The van der Waals surface area contributed by atoms with E-state index in [-0.39, 0.29) is 0 Å². The van der Waals surface area contributed by atoms with E-state index in [1.54, 1.807) is 20.5 Å². The lowest BCUT2D eigenvalue weighted by atomic mass is 9.94. The topological polar surface area (TPSA) is 0 Å². The number of hydrogen-bond acceptors (Lipinski definition) is 2. The van der Waals surface area contributed by atoms with Gasteiger partial charge in [0.2, 0.25) is 0 Å². The largest absolute Gasteiger partial charge is 0.129 e. The van der Waals surface area contributed by atoms with E-state index in [1.165, 1.54) is 80.7 Å². The molecule has 3 rings (SSSR count). The Bertz CT molecular complexity index is 789. The van der Waals surface area contributed by atoms with E-state index in [0.29, 0.717) is 0 Å². The van der Waals surface area contributed by atoms with Crippen molar-refractivity contribution in [3.63, 3.8) is 0 Å². The maximum atomic E-state index is 2.51. The van der Waals surface area contributed by atoms with Crippen LogP contribution in [0, 0.1) is 5.77 Å². The molecule has 0 N–H and O–H groups in total. The normalized spacial score (nSPS) is 11.8. The zero-order chi connectivity index (χ0) is 18.5. The van der Waals surface area contributed by atoms with Gasteiger partial charge < -0.3 is 0 Å². The van der Waals surface area contributed by atoms with Crippen molar-refractivity contribution < 1.29 is 0 Å². The molecule has 3 aromatic rings. The van der Waals surface area contributed by atoms with Crippen molar-refractivity contribution in [1.29, 1.82) is 0 Å². The van der Waals surface area contributed by atoms with E-state index in [4.69, 9.17) is 0 Å². The second kappa shape index (κ2) is 10.4. The summed E-state index contributed by atoms with van der Waals surface area (Å²) in [5, 5.41) is 3.02. The first-order chi connectivity index (χ1) is 12.7. The van der Waals surface area contributed by atoms with Gasteiger partial charge in [-0.25, -0.2) is 0 Å². The number of benzene rings is 1. The van der Waals surface area contributed by atoms with Gasteiger partial charge in [-0.05, 0) is 94.1 Å². The summed E-state index contributed by atoms with van der Waals surface area (Å²) in [6.07, 6.45) is 13.3. The molecule has 0 atom stereocenters. The van der Waals surface area contributed by atoms with Gasteiger partial charge in [0, 0.05) is 20.2 Å². The molecule has 0 nitrogen and oxygen atoms in total. The van der Waals surface area contributed by atoms with E-state index >= 15 is 0 Å². The smallest absolute Gasteiger partial charge is 0.0666 e. The van der Waals surface area contributed by atoms with Gasteiger partial charge in [0.15, 0.2) is 0 Å². The third-order valence-corrected chi connectivity index (χ3v) is 9.08. The van der Waals surface area contributed by atoms with Crippen molar-refractivity contribution in [2.24, 2.45) is 0 Å². The van der Waals surface area contributed by atoms with Crippen molar-refractivity contribution in [3.8, 4) is 0 Å². The standard InChI is InChI=1S/C22H28I2S2/c1-3-5-7-9-11-15-16(12-10-8-6-4-2)22-18(14-20(24)26-22)17-13-19(23)25-21(15)17/h13-14H,3-12H2,1-2H3. The molecule has 2 heterocycles. The van der Waals surface area contributed by atoms with Crippen molar-refractivity contribution in [2.45, 2.75) is 78.1 Å². The lowest BCUT2D eigenvalue weighted by Gasteiger charge is -2.13. The van der Waals surface area contributed by atoms with Gasteiger partial charge in [-0.2, -0.15) is 0 Å². The molecule has 0 saturated carbocycles. The second-order valence-electron chi connectivity index (χ2n) is 7.17. The number of rotatable bonds is 10. The average Bonchev–Trinajstić information content (AvgIpc) is 3.19. The SMILES string of the molecule is CCCCCCc1c(CCCCCC)c2sc(I)cc2c2cc(I)sc12. The fraction of sp³-hybridized carbons (Fsp3) is 0.545. The van der Waals surface area contributed by atoms with E-state index in [2.05, 4.69) is 71.2 Å². The molecule has 2 aromatic heterocycles. The first kappa shape index (κ1) is 21.3. The van der Waals surface area contributed by atoms with Crippen molar-refractivity contribution in [2.75, 3.05) is 0 Å². The molecular weight excluding hydrogens is 582 g/mol. The molecule has 4 heteroatoms. The van der Waals surface area contributed by atoms with Gasteiger partial charge >= 0.3 is 0 Å². The predicted octanol–water partition coefficient (Wildman–Crippen LogP) is 9.57. The number of aryl methyl sites for hydroxylation is 2. The van der Waals surface area contributed by atoms with Gasteiger partial charge in [-0.1, -0.05) is 52.4 Å². The summed E-state index contributed by atoms with van der Waals surface area (Å²) in [6.45, 7) is 4.61. The zero-order valence-corrected chi connectivity index (χ0v) is 21.7. The van der Waals surface area contributed by atoms with Crippen molar-refractivity contribution >= 4 is 88.0 Å². The summed E-state index contributed by atoms with van der Waals surface area (Å²) in [6, 6.07) is 4.84. The maximum absolute atomic E-state index is 2.51. The first-order valence-electron chi connectivity index (χ1n) is 9.97. The summed E-state index contributed by atoms with van der Waals surface area (Å²) in [7, 11) is 0. The Kier molecular flexibility index (Phi) is 8.52. The minimum Gasteiger partial charge on any atom is -0.129 e.